The highest BCUT2D eigenvalue weighted by Gasteiger charge is 2.40. The fraction of sp³-hybridized carbons (Fsp3) is 0.562. The number of benzene rings is 1. The van der Waals surface area contributed by atoms with E-state index in [-0.39, 0.29) is 17.3 Å². The number of carboxylic acid groups (broad SMARTS) is 1. The molecule has 114 valence electrons. The summed E-state index contributed by atoms with van der Waals surface area (Å²) in [5.41, 5.74) is 0.246. The van der Waals surface area contributed by atoms with Crippen LogP contribution in [0, 0.1) is 0 Å². The molecule has 1 saturated carbocycles. The third-order valence-corrected chi connectivity index (χ3v) is 5.09. The molecule has 0 radical (unpaired) electrons. The molecule has 0 bridgehead atoms. The number of halogens is 1. The fourth-order valence-corrected chi connectivity index (χ4v) is 3.70. The summed E-state index contributed by atoms with van der Waals surface area (Å²) in [5.74, 6) is -0.332. The highest BCUT2D eigenvalue weighted by atomic mass is 79.9. The molecule has 1 aliphatic heterocycles. The second-order valence-corrected chi connectivity index (χ2v) is 6.78. The highest BCUT2D eigenvalue weighted by Crippen LogP contribution is 2.41. The van der Waals surface area contributed by atoms with Crippen molar-refractivity contribution in [2.75, 3.05) is 6.61 Å². The van der Waals surface area contributed by atoms with Gasteiger partial charge in [-0.15, -0.1) is 0 Å². The minimum atomic E-state index is -0.938. The molecule has 1 atom stereocenters. The summed E-state index contributed by atoms with van der Waals surface area (Å²) >= 11 is 3.43. The molecular weight excluding hydrogens is 336 g/mol. The Balaban J connectivity index is 1.74. The monoisotopic (exact) mass is 354 g/mol. The Kier molecular flexibility index (Phi) is 4.22. The van der Waals surface area contributed by atoms with E-state index in [9.17, 15) is 4.79 Å². The Morgan fingerprint density at radius 1 is 1.38 bits per heavy atom. The predicted octanol–water partition coefficient (Wildman–Crippen LogP) is 4.02. The number of carboxylic acids is 1. The molecule has 1 aromatic carbocycles. The first kappa shape index (κ1) is 14.9. The van der Waals surface area contributed by atoms with Crippen LogP contribution in [0.2, 0.25) is 0 Å². The third kappa shape index (κ3) is 3.24. The van der Waals surface area contributed by atoms with E-state index in [4.69, 9.17) is 14.6 Å². The van der Waals surface area contributed by atoms with Crippen LogP contribution >= 0.6 is 15.9 Å². The van der Waals surface area contributed by atoms with Gasteiger partial charge in [-0.05, 0) is 47.0 Å². The van der Waals surface area contributed by atoms with Crippen molar-refractivity contribution >= 4 is 21.9 Å². The van der Waals surface area contributed by atoms with Gasteiger partial charge in [0.05, 0.1) is 22.2 Å². The van der Waals surface area contributed by atoms with Crippen LogP contribution in [0.3, 0.4) is 0 Å². The van der Waals surface area contributed by atoms with Gasteiger partial charge in [0.15, 0.2) is 0 Å². The van der Waals surface area contributed by atoms with Gasteiger partial charge in [-0.25, -0.2) is 4.79 Å². The zero-order chi connectivity index (χ0) is 14.9. The molecule has 1 aromatic rings. The average Bonchev–Trinajstić information content (AvgIpc) is 2.89. The molecule has 1 heterocycles. The van der Waals surface area contributed by atoms with Crippen LogP contribution in [0.15, 0.2) is 22.7 Å². The molecule has 1 saturated heterocycles. The molecule has 21 heavy (non-hydrogen) atoms. The lowest BCUT2D eigenvalue weighted by Gasteiger charge is -2.38. The molecule has 4 nitrogen and oxygen atoms in total. The van der Waals surface area contributed by atoms with E-state index in [2.05, 4.69) is 15.9 Å². The summed E-state index contributed by atoms with van der Waals surface area (Å²) in [5, 5.41) is 9.08. The predicted molar refractivity (Wildman–Crippen MR) is 81.9 cm³/mol. The van der Waals surface area contributed by atoms with Gasteiger partial charge < -0.3 is 14.6 Å². The zero-order valence-electron chi connectivity index (χ0n) is 11.8. The van der Waals surface area contributed by atoms with Crippen LogP contribution in [0.1, 0.15) is 48.9 Å². The van der Waals surface area contributed by atoms with Crippen molar-refractivity contribution in [1.82, 2.24) is 0 Å². The van der Waals surface area contributed by atoms with E-state index in [1.165, 1.54) is 12.8 Å². The van der Waals surface area contributed by atoms with Crippen molar-refractivity contribution in [3.05, 3.63) is 28.2 Å². The van der Waals surface area contributed by atoms with Crippen LogP contribution in [0.5, 0.6) is 5.75 Å². The van der Waals surface area contributed by atoms with Gasteiger partial charge in [0, 0.05) is 12.8 Å². The van der Waals surface area contributed by atoms with Crippen molar-refractivity contribution in [2.45, 2.75) is 50.2 Å². The molecule has 3 rings (SSSR count). The van der Waals surface area contributed by atoms with E-state index < -0.39 is 5.97 Å². The Morgan fingerprint density at radius 2 is 2.14 bits per heavy atom. The number of hydrogen-bond donors (Lipinski definition) is 1. The number of hydrogen-bond acceptors (Lipinski definition) is 3. The minimum Gasteiger partial charge on any atom is -0.489 e. The number of aromatic carboxylic acids is 1. The van der Waals surface area contributed by atoms with E-state index in [1.807, 2.05) is 0 Å². The first-order chi connectivity index (χ1) is 10.1. The molecule has 1 spiro atoms. The molecule has 5 heteroatoms. The van der Waals surface area contributed by atoms with Crippen molar-refractivity contribution in [3.63, 3.8) is 0 Å². The summed E-state index contributed by atoms with van der Waals surface area (Å²) in [6.45, 7) is 0.723. The van der Waals surface area contributed by atoms with Crippen molar-refractivity contribution in [1.29, 1.82) is 0 Å². The maximum absolute atomic E-state index is 11.1. The Hall–Kier alpha value is -1.07. The maximum atomic E-state index is 11.1. The van der Waals surface area contributed by atoms with Crippen molar-refractivity contribution < 1.29 is 19.4 Å². The second kappa shape index (κ2) is 5.97. The smallest absolute Gasteiger partial charge is 0.335 e. The number of carbonyl (C=O) groups is 1. The van der Waals surface area contributed by atoms with E-state index in [0.29, 0.717) is 5.75 Å². The maximum Gasteiger partial charge on any atom is 0.335 e. The number of rotatable bonds is 3. The van der Waals surface area contributed by atoms with Gasteiger partial charge in [0.2, 0.25) is 0 Å². The Morgan fingerprint density at radius 3 is 2.86 bits per heavy atom. The van der Waals surface area contributed by atoms with Crippen LogP contribution in [-0.4, -0.2) is 29.4 Å². The van der Waals surface area contributed by atoms with Crippen LogP contribution < -0.4 is 4.74 Å². The second-order valence-electron chi connectivity index (χ2n) is 5.92. The Bertz CT molecular complexity index is 537. The van der Waals surface area contributed by atoms with Crippen molar-refractivity contribution in [3.8, 4) is 5.75 Å². The molecule has 0 amide bonds. The summed E-state index contributed by atoms with van der Waals surface area (Å²) in [7, 11) is 0. The summed E-state index contributed by atoms with van der Waals surface area (Å²) in [6.07, 6.45) is 6.53. The third-order valence-electron chi connectivity index (χ3n) is 4.43. The summed E-state index contributed by atoms with van der Waals surface area (Å²) < 4.78 is 12.9. The van der Waals surface area contributed by atoms with Gasteiger partial charge >= 0.3 is 5.97 Å². The molecule has 1 N–H and O–H groups in total. The normalized spacial score (nSPS) is 24.1. The van der Waals surface area contributed by atoms with E-state index in [1.54, 1.807) is 18.2 Å². The van der Waals surface area contributed by atoms with Crippen LogP contribution in [-0.2, 0) is 4.74 Å². The summed E-state index contributed by atoms with van der Waals surface area (Å²) in [6, 6.07) is 4.88. The van der Waals surface area contributed by atoms with Gasteiger partial charge in [-0.1, -0.05) is 12.8 Å². The first-order valence-electron chi connectivity index (χ1n) is 7.41. The van der Waals surface area contributed by atoms with Crippen LogP contribution in [0.4, 0.5) is 0 Å². The van der Waals surface area contributed by atoms with Gasteiger partial charge in [-0.3, -0.25) is 0 Å². The first-order valence-corrected chi connectivity index (χ1v) is 8.21. The minimum absolute atomic E-state index is 0.000197. The van der Waals surface area contributed by atoms with Gasteiger partial charge in [0.1, 0.15) is 11.9 Å². The lowest BCUT2D eigenvalue weighted by molar-refractivity contribution is -0.108. The fourth-order valence-electron chi connectivity index (χ4n) is 3.36. The SMILES string of the molecule is O=C(O)c1ccc(Br)c(OC2CCOC3(CCCC3)C2)c1. The number of ether oxygens (including phenoxy) is 2. The standard InChI is InChI=1S/C16H19BrO4/c17-13-4-3-11(15(18)19)9-14(13)21-12-5-8-20-16(10-12)6-1-2-7-16/h3-4,9,12H,1-2,5-8,10H2,(H,18,19). The van der Waals surface area contributed by atoms with Gasteiger partial charge in [0.25, 0.3) is 0 Å². The summed E-state index contributed by atoms with van der Waals surface area (Å²) in [4.78, 5) is 11.1. The van der Waals surface area contributed by atoms with E-state index in [0.717, 1.165) is 36.8 Å². The Labute approximate surface area is 132 Å². The molecule has 1 unspecified atom stereocenters. The average molecular weight is 355 g/mol. The molecule has 2 aliphatic rings. The van der Waals surface area contributed by atoms with E-state index >= 15 is 0 Å². The largest absolute Gasteiger partial charge is 0.489 e. The molecule has 2 fully saturated rings. The lowest BCUT2D eigenvalue weighted by Crippen LogP contribution is -2.41. The topological polar surface area (TPSA) is 55.8 Å². The molecule has 0 aromatic heterocycles. The van der Waals surface area contributed by atoms with Crippen molar-refractivity contribution in [2.24, 2.45) is 0 Å². The lowest BCUT2D eigenvalue weighted by atomic mass is 9.90. The molecular formula is C16H19BrO4. The molecule has 1 aliphatic carbocycles. The van der Waals surface area contributed by atoms with Crippen LogP contribution in [0.25, 0.3) is 0 Å². The quantitative estimate of drug-likeness (QED) is 0.890. The zero-order valence-corrected chi connectivity index (χ0v) is 13.4. The highest BCUT2D eigenvalue weighted by molar-refractivity contribution is 9.10. The van der Waals surface area contributed by atoms with Gasteiger partial charge in [-0.2, -0.15) is 0 Å².